The van der Waals surface area contributed by atoms with Gasteiger partial charge >= 0.3 is 6.09 Å². The number of fused-ring (bicyclic) bond motifs is 1. The lowest BCUT2D eigenvalue weighted by Gasteiger charge is -2.12. The molecule has 6 heteroatoms. The molecule has 1 aromatic carbocycles. The Balaban J connectivity index is 2.25. The Hall–Kier alpha value is -2.24. The first-order valence-corrected chi connectivity index (χ1v) is 5.59. The molecule has 96 valence electrons. The van der Waals surface area contributed by atoms with E-state index in [-0.39, 0.29) is 6.04 Å². The highest BCUT2D eigenvalue weighted by atomic mass is 16.5. The highest BCUT2D eigenvalue weighted by molar-refractivity contribution is 5.80. The summed E-state index contributed by atoms with van der Waals surface area (Å²) < 4.78 is 6.93. The molecule has 0 aliphatic heterocycles. The van der Waals surface area contributed by atoms with Crippen molar-refractivity contribution in [3.8, 4) is 5.75 Å². The fraction of sp³-hybridized carbons (Fsp3) is 0.333. The van der Waals surface area contributed by atoms with Crippen molar-refractivity contribution in [3.63, 3.8) is 0 Å². The van der Waals surface area contributed by atoms with Crippen LogP contribution in [0.1, 0.15) is 6.92 Å². The zero-order valence-corrected chi connectivity index (χ0v) is 10.3. The second kappa shape index (κ2) is 4.95. The average molecular weight is 249 g/mol. The number of carbonyl (C=O) groups is 1. The number of carboxylic acid groups (broad SMARTS) is 1. The summed E-state index contributed by atoms with van der Waals surface area (Å²) in [6.07, 6.45) is 0.721. The molecule has 2 N–H and O–H groups in total. The van der Waals surface area contributed by atoms with Crippen LogP contribution in [0.5, 0.6) is 5.75 Å². The van der Waals surface area contributed by atoms with E-state index in [4.69, 9.17) is 9.84 Å². The minimum absolute atomic E-state index is 0.211. The van der Waals surface area contributed by atoms with Crippen LogP contribution < -0.4 is 10.1 Å². The first-order chi connectivity index (χ1) is 8.60. The molecule has 2 aromatic rings. The fourth-order valence-corrected chi connectivity index (χ4v) is 1.84. The van der Waals surface area contributed by atoms with Crippen molar-refractivity contribution < 1.29 is 14.6 Å². The monoisotopic (exact) mass is 249 g/mol. The van der Waals surface area contributed by atoms with Crippen molar-refractivity contribution >= 4 is 17.0 Å². The lowest BCUT2D eigenvalue weighted by atomic mass is 10.2. The molecule has 18 heavy (non-hydrogen) atoms. The van der Waals surface area contributed by atoms with Gasteiger partial charge in [0, 0.05) is 17.5 Å². The van der Waals surface area contributed by atoms with Gasteiger partial charge < -0.3 is 15.2 Å². The number of rotatable bonds is 4. The summed E-state index contributed by atoms with van der Waals surface area (Å²) in [5.74, 6) is 0.753. The standard InChI is InChI=1S/C12H15N3O3/c1-8(14-12(16)17)7-15-11-5-10(18-2)4-3-9(11)6-13-15/h3-6,8,14H,7H2,1-2H3,(H,16,17). The summed E-state index contributed by atoms with van der Waals surface area (Å²) in [6.45, 7) is 2.27. The second-order valence-corrected chi connectivity index (χ2v) is 4.10. The van der Waals surface area contributed by atoms with Gasteiger partial charge in [0.1, 0.15) is 5.75 Å². The van der Waals surface area contributed by atoms with Crippen LogP contribution in [0.15, 0.2) is 24.4 Å². The van der Waals surface area contributed by atoms with Gasteiger partial charge in [-0.2, -0.15) is 5.10 Å². The second-order valence-electron chi connectivity index (χ2n) is 4.10. The highest BCUT2D eigenvalue weighted by Gasteiger charge is 2.09. The lowest BCUT2D eigenvalue weighted by molar-refractivity contribution is 0.189. The molecule has 1 atom stereocenters. The molecule has 0 spiro atoms. The van der Waals surface area contributed by atoms with E-state index in [1.807, 2.05) is 18.2 Å². The number of hydrogen-bond acceptors (Lipinski definition) is 3. The molecular formula is C12H15N3O3. The van der Waals surface area contributed by atoms with Crippen molar-refractivity contribution in [2.45, 2.75) is 19.5 Å². The minimum atomic E-state index is -1.03. The Morgan fingerprint density at radius 1 is 1.61 bits per heavy atom. The Kier molecular flexibility index (Phi) is 3.36. The van der Waals surface area contributed by atoms with Crippen LogP contribution in [-0.4, -0.2) is 34.1 Å². The molecule has 0 aliphatic rings. The van der Waals surface area contributed by atoms with E-state index in [0.29, 0.717) is 6.54 Å². The summed E-state index contributed by atoms with van der Waals surface area (Å²) in [7, 11) is 1.61. The van der Waals surface area contributed by atoms with Gasteiger partial charge in [0.2, 0.25) is 0 Å². The number of nitrogens with one attached hydrogen (secondary N) is 1. The van der Waals surface area contributed by atoms with E-state index < -0.39 is 6.09 Å². The summed E-state index contributed by atoms with van der Waals surface area (Å²) in [4.78, 5) is 10.5. The number of ether oxygens (including phenoxy) is 1. The Bertz CT molecular complexity index is 565. The predicted molar refractivity (Wildman–Crippen MR) is 66.9 cm³/mol. The van der Waals surface area contributed by atoms with Crippen LogP contribution in [0, 0.1) is 0 Å². The SMILES string of the molecule is COc1ccc2cnn(CC(C)NC(=O)O)c2c1. The zero-order valence-electron chi connectivity index (χ0n) is 10.3. The Morgan fingerprint density at radius 2 is 2.39 bits per heavy atom. The van der Waals surface area contributed by atoms with Crippen LogP contribution in [0.3, 0.4) is 0 Å². The largest absolute Gasteiger partial charge is 0.497 e. The number of amides is 1. The minimum Gasteiger partial charge on any atom is -0.497 e. The van der Waals surface area contributed by atoms with Crippen LogP contribution in [0.2, 0.25) is 0 Å². The molecule has 0 saturated carbocycles. The van der Waals surface area contributed by atoms with Crippen LogP contribution in [0.25, 0.3) is 10.9 Å². The van der Waals surface area contributed by atoms with Crippen LogP contribution in [-0.2, 0) is 6.54 Å². The van der Waals surface area contributed by atoms with Crippen LogP contribution in [0.4, 0.5) is 4.79 Å². The maximum absolute atomic E-state index is 10.5. The van der Waals surface area contributed by atoms with E-state index in [1.165, 1.54) is 0 Å². The van der Waals surface area contributed by atoms with E-state index in [9.17, 15) is 4.79 Å². The van der Waals surface area contributed by atoms with E-state index in [1.54, 1.807) is 24.9 Å². The van der Waals surface area contributed by atoms with Gasteiger partial charge in [0.25, 0.3) is 0 Å². The van der Waals surface area contributed by atoms with Crippen molar-refractivity contribution in [2.24, 2.45) is 0 Å². The molecule has 1 unspecified atom stereocenters. The molecule has 2 rings (SSSR count). The molecule has 0 saturated heterocycles. The number of benzene rings is 1. The van der Waals surface area contributed by atoms with Gasteiger partial charge in [-0.1, -0.05) is 0 Å². The molecule has 0 radical (unpaired) electrons. The summed E-state index contributed by atoms with van der Waals surface area (Å²) in [6, 6.07) is 5.47. The van der Waals surface area contributed by atoms with Gasteiger partial charge in [-0.15, -0.1) is 0 Å². The maximum atomic E-state index is 10.5. The third-order valence-corrected chi connectivity index (χ3v) is 2.67. The first-order valence-electron chi connectivity index (χ1n) is 5.59. The van der Waals surface area contributed by atoms with Crippen LogP contribution >= 0.6 is 0 Å². The lowest BCUT2D eigenvalue weighted by Crippen LogP contribution is -2.34. The van der Waals surface area contributed by atoms with Gasteiger partial charge in [-0.3, -0.25) is 4.68 Å². The molecule has 1 amide bonds. The smallest absolute Gasteiger partial charge is 0.404 e. The number of hydrogen-bond donors (Lipinski definition) is 2. The molecule has 1 aromatic heterocycles. The van der Waals surface area contributed by atoms with Crippen molar-refractivity contribution in [2.75, 3.05) is 7.11 Å². The van der Waals surface area contributed by atoms with Crippen molar-refractivity contribution in [1.82, 2.24) is 15.1 Å². The molecule has 0 fully saturated rings. The first kappa shape index (κ1) is 12.2. The molecule has 0 bridgehead atoms. The van der Waals surface area contributed by atoms with Crippen molar-refractivity contribution in [1.29, 1.82) is 0 Å². The zero-order chi connectivity index (χ0) is 13.1. The van der Waals surface area contributed by atoms with E-state index in [2.05, 4.69) is 10.4 Å². The molecule has 0 aliphatic carbocycles. The maximum Gasteiger partial charge on any atom is 0.404 e. The molecular weight excluding hydrogens is 234 g/mol. The van der Waals surface area contributed by atoms with Gasteiger partial charge in [-0.25, -0.2) is 4.79 Å². The third kappa shape index (κ3) is 2.53. The fourth-order valence-electron chi connectivity index (χ4n) is 1.84. The van der Waals surface area contributed by atoms with Gasteiger partial charge in [-0.05, 0) is 19.1 Å². The number of aromatic nitrogens is 2. The van der Waals surface area contributed by atoms with Gasteiger partial charge in [0.15, 0.2) is 0 Å². The Labute approximate surface area is 104 Å². The van der Waals surface area contributed by atoms with E-state index >= 15 is 0 Å². The normalized spacial score (nSPS) is 12.3. The summed E-state index contributed by atoms with van der Waals surface area (Å²) >= 11 is 0. The summed E-state index contributed by atoms with van der Waals surface area (Å²) in [5, 5.41) is 16.3. The Morgan fingerprint density at radius 3 is 3.06 bits per heavy atom. The van der Waals surface area contributed by atoms with E-state index in [0.717, 1.165) is 16.7 Å². The third-order valence-electron chi connectivity index (χ3n) is 2.67. The highest BCUT2D eigenvalue weighted by Crippen LogP contribution is 2.20. The molecule has 6 nitrogen and oxygen atoms in total. The number of methoxy groups -OCH3 is 1. The topological polar surface area (TPSA) is 76.4 Å². The average Bonchev–Trinajstić information content (AvgIpc) is 2.70. The quantitative estimate of drug-likeness (QED) is 0.864. The summed E-state index contributed by atoms with van der Waals surface area (Å²) in [5.41, 5.74) is 0.924. The molecule has 1 heterocycles. The van der Waals surface area contributed by atoms with Gasteiger partial charge in [0.05, 0.1) is 25.4 Å². The number of nitrogens with zero attached hydrogens (tertiary/aromatic N) is 2. The predicted octanol–water partition coefficient (Wildman–Crippen LogP) is 1.70. The van der Waals surface area contributed by atoms with Crippen molar-refractivity contribution in [3.05, 3.63) is 24.4 Å².